The van der Waals surface area contributed by atoms with E-state index >= 15 is 0 Å². The molecule has 2 N–H and O–H groups in total. The number of para-hydroxylation sites is 1. The molecule has 0 fully saturated rings. The Morgan fingerprint density at radius 2 is 1.51 bits per heavy atom. The van der Waals surface area contributed by atoms with Gasteiger partial charge < -0.3 is 10.6 Å². The van der Waals surface area contributed by atoms with Crippen molar-refractivity contribution in [2.45, 2.75) is 0 Å². The number of hydrogen-bond donors (Lipinski definition) is 2. The quantitative estimate of drug-likeness (QED) is 0.324. The number of aromatic nitrogens is 8. The molecule has 11 heteroatoms. The molecule has 0 saturated carbocycles. The van der Waals surface area contributed by atoms with Gasteiger partial charge in [0.1, 0.15) is 24.2 Å². The fourth-order valence-corrected chi connectivity index (χ4v) is 3.62. The van der Waals surface area contributed by atoms with Crippen LogP contribution < -0.4 is 10.6 Å². The molecule has 2 aromatic carbocycles. The van der Waals surface area contributed by atoms with Gasteiger partial charge >= 0.3 is 0 Å². The summed E-state index contributed by atoms with van der Waals surface area (Å²) in [4.78, 5) is 16.8. The Kier molecular flexibility index (Phi) is 5.75. The van der Waals surface area contributed by atoms with Gasteiger partial charge in [-0.05, 0) is 48.5 Å². The zero-order valence-corrected chi connectivity index (χ0v) is 19.3. The minimum Gasteiger partial charge on any atom is -0.340 e. The minimum absolute atomic E-state index is 0.216. The Labute approximate surface area is 210 Å². The Balaban J connectivity index is 1.17. The molecule has 0 spiro atoms. The molecule has 10 nitrogen and oxygen atoms in total. The second-order valence-electron chi connectivity index (χ2n) is 7.95. The van der Waals surface area contributed by atoms with Gasteiger partial charge in [0.15, 0.2) is 11.6 Å². The summed E-state index contributed by atoms with van der Waals surface area (Å²) in [6, 6.07) is 22.4. The number of pyridine rings is 2. The summed E-state index contributed by atoms with van der Waals surface area (Å²) < 4.78 is 17.6. The van der Waals surface area contributed by atoms with Crippen LogP contribution in [0.3, 0.4) is 0 Å². The molecule has 0 aliphatic carbocycles. The SMILES string of the molecule is Fc1cnc(Nc2ccc(-n3cnc(-c4cccnc4)n3)cc2)cc1-n1cnc(Nc2ccccc2)n1. The summed E-state index contributed by atoms with van der Waals surface area (Å²) in [6.07, 6.45) is 7.67. The lowest BCUT2D eigenvalue weighted by Gasteiger charge is -2.09. The van der Waals surface area contributed by atoms with Crippen molar-refractivity contribution in [2.24, 2.45) is 0 Å². The van der Waals surface area contributed by atoms with Crippen LogP contribution in [0.5, 0.6) is 0 Å². The third kappa shape index (κ3) is 4.86. The molecule has 0 aliphatic rings. The van der Waals surface area contributed by atoms with E-state index in [1.807, 2.05) is 66.7 Å². The van der Waals surface area contributed by atoms with Crippen LogP contribution in [-0.4, -0.2) is 39.5 Å². The van der Waals surface area contributed by atoms with Gasteiger partial charge in [0.05, 0.1) is 11.9 Å². The fourth-order valence-electron chi connectivity index (χ4n) is 3.62. The van der Waals surface area contributed by atoms with Crippen molar-refractivity contribution in [3.05, 3.63) is 110 Å². The van der Waals surface area contributed by atoms with Crippen molar-refractivity contribution < 1.29 is 4.39 Å². The molecular formula is C26H19FN10. The summed E-state index contributed by atoms with van der Waals surface area (Å²) in [5, 5.41) is 15.1. The monoisotopic (exact) mass is 490 g/mol. The Morgan fingerprint density at radius 3 is 2.32 bits per heavy atom. The summed E-state index contributed by atoms with van der Waals surface area (Å²) in [5.74, 6) is 0.880. The highest BCUT2D eigenvalue weighted by Gasteiger charge is 2.11. The highest BCUT2D eigenvalue weighted by molar-refractivity contribution is 5.60. The molecule has 0 bridgehead atoms. The predicted molar refractivity (Wildman–Crippen MR) is 137 cm³/mol. The van der Waals surface area contributed by atoms with Crippen molar-refractivity contribution in [3.8, 4) is 22.8 Å². The molecule has 4 heterocycles. The normalized spacial score (nSPS) is 10.8. The summed E-state index contributed by atoms with van der Waals surface area (Å²) >= 11 is 0. The minimum atomic E-state index is -0.521. The number of nitrogens with zero attached hydrogens (tertiary/aromatic N) is 8. The van der Waals surface area contributed by atoms with E-state index in [2.05, 4.69) is 40.8 Å². The van der Waals surface area contributed by atoms with Gasteiger partial charge in [0.25, 0.3) is 0 Å². The molecule has 0 atom stereocenters. The maximum absolute atomic E-state index is 14.6. The van der Waals surface area contributed by atoms with E-state index in [0.717, 1.165) is 28.8 Å². The van der Waals surface area contributed by atoms with Crippen LogP contribution in [0, 0.1) is 5.82 Å². The fraction of sp³-hybridized carbons (Fsp3) is 0. The first-order chi connectivity index (χ1) is 18.2. The first kappa shape index (κ1) is 22.0. The average molecular weight is 491 g/mol. The largest absolute Gasteiger partial charge is 0.340 e. The second-order valence-corrected chi connectivity index (χ2v) is 7.95. The number of rotatable bonds is 7. The Hall–Kier alpha value is -5.45. The van der Waals surface area contributed by atoms with E-state index < -0.39 is 5.82 Å². The van der Waals surface area contributed by atoms with Gasteiger partial charge in [-0.1, -0.05) is 18.2 Å². The first-order valence-corrected chi connectivity index (χ1v) is 11.3. The molecule has 6 aromatic rings. The molecule has 0 unspecified atom stereocenters. The van der Waals surface area contributed by atoms with Gasteiger partial charge in [0, 0.05) is 35.4 Å². The molecule has 0 aliphatic heterocycles. The van der Waals surface area contributed by atoms with Crippen LogP contribution in [0.25, 0.3) is 22.8 Å². The van der Waals surface area contributed by atoms with Crippen molar-refractivity contribution in [1.82, 2.24) is 39.5 Å². The highest BCUT2D eigenvalue weighted by atomic mass is 19.1. The van der Waals surface area contributed by atoms with E-state index in [0.29, 0.717) is 17.6 Å². The van der Waals surface area contributed by atoms with E-state index in [1.165, 1.54) is 11.0 Å². The zero-order chi connectivity index (χ0) is 25.0. The smallest absolute Gasteiger partial charge is 0.246 e. The van der Waals surface area contributed by atoms with E-state index in [-0.39, 0.29) is 5.69 Å². The maximum atomic E-state index is 14.6. The van der Waals surface area contributed by atoms with Gasteiger partial charge in [-0.2, -0.15) is 4.98 Å². The highest BCUT2D eigenvalue weighted by Crippen LogP contribution is 2.22. The third-order valence-corrected chi connectivity index (χ3v) is 5.42. The van der Waals surface area contributed by atoms with Crippen LogP contribution >= 0.6 is 0 Å². The average Bonchev–Trinajstić information content (AvgIpc) is 3.62. The van der Waals surface area contributed by atoms with Crippen LogP contribution in [0.1, 0.15) is 0 Å². The van der Waals surface area contributed by atoms with Crippen molar-refractivity contribution in [2.75, 3.05) is 10.6 Å². The third-order valence-electron chi connectivity index (χ3n) is 5.42. The zero-order valence-electron chi connectivity index (χ0n) is 19.3. The Bertz CT molecular complexity index is 1630. The molecular weight excluding hydrogens is 471 g/mol. The molecule has 0 radical (unpaired) electrons. The van der Waals surface area contributed by atoms with Gasteiger partial charge in [0.2, 0.25) is 5.95 Å². The van der Waals surface area contributed by atoms with Gasteiger partial charge in [-0.15, -0.1) is 10.2 Å². The molecule has 4 aromatic heterocycles. The van der Waals surface area contributed by atoms with Gasteiger partial charge in [-0.3, -0.25) is 4.98 Å². The molecule has 180 valence electrons. The van der Waals surface area contributed by atoms with E-state index in [1.54, 1.807) is 29.5 Å². The van der Waals surface area contributed by atoms with Crippen LogP contribution in [0.4, 0.5) is 27.5 Å². The van der Waals surface area contributed by atoms with E-state index in [4.69, 9.17) is 0 Å². The standard InChI is InChI=1S/C26H19FN10/c27-22-15-29-24(13-23(22)37-17-31-26(35-37)33-19-6-2-1-3-7-19)32-20-8-10-21(11-9-20)36-16-30-25(34-36)18-5-4-12-28-14-18/h1-17H,(H,29,32)(H,33,35). The van der Waals surface area contributed by atoms with Crippen LogP contribution in [0.15, 0.2) is 104 Å². The maximum Gasteiger partial charge on any atom is 0.246 e. The van der Waals surface area contributed by atoms with Crippen molar-refractivity contribution >= 4 is 23.1 Å². The first-order valence-electron chi connectivity index (χ1n) is 11.3. The number of nitrogens with one attached hydrogen (secondary N) is 2. The molecule has 0 amide bonds. The number of anilines is 4. The predicted octanol–water partition coefficient (Wildman–Crippen LogP) is 4.93. The number of benzene rings is 2. The molecule has 6 rings (SSSR count). The van der Waals surface area contributed by atoms with Crippen LogP contribution in [-0.2, 0) is 0 Å². The van der Waals surface area contributed by atoms with Crippen molar-refractivity contribution in [3.63, 3.8) is 0 Å². The van der Waals surface area contributed by atoms with Crippen molar-refractivity contribution in [1.29, 1.82) is 0 Å². The summed E-state index contributed by atoms with van der Waals surface area (Å²) in [5.41, 5.74) is 3.50. The number of hydrogen-bond acceptors (Lipinski definition) is 8. The lowest BCUT2D eigenvalue weighted by molar-refractivity contribution is 0.605. The second kappa shape index (κ2) is 9.66. The van der Waals surface area contributed by atoms with Crippen LogP contribution in [0.2, 0.25) is 0 Å². The molecule has 0 saturated heterocycles. The topological polar surface area (TPSA) is 111 Å². The number of halogens is 1. The lowest BCUT2D eigenvalue weighted by Crippen LogP contribution is -2.03. The van der Waals surface area contributed by atoms with Gasteiger partial charge in [-0.25, -0.2) is 23.7 Å². The summed E-state index contributed by atoms with van der Waals surface area (Å²) in [7, 11) is 0. The Morgan fingerprint density at radius 1 is 0.703 bits per heavy atom. The lowest BCUT2D eigenvalue weighted by atomic mass is 10.2. The summed E-state index contributed by atoms with van der Waals surface area (Å²) in [6.45, 7) is 0. The molecule has 37 heavy (non-hydrogen) atoms. The van der Waals surface area contributed by atoms with E-state index in [9.17, 15) is 4.39 Å².